The van der Waals surface area contributed by atoms with Crippen molar-refractivity contribution < 1.29 is 9.90 Å². The van der Waals surface area contributed by atoms with Gasteiger partial charge in [0.1, 0.15) is 11.8 Å². The SMILES string of the molecule is CCCCN(CCCC)Cc1ccc(-c2c(C)nn(C(c3ccc(C(=O)N(CC)CC)cc3)c3cccc(O)c3)c2C)cc1. The quantitative estimate of drug-likeness (QED) is 0.150. The minimum Gasteiger partial charge on any atom is -0.508 e. The lowest BCUT2D eigenvalue weighted by molar-refractivity contribution is 0.0773. The Morgan fingerprint density at radius 1 is 0.841 bits per heavy atom. The zero-order valence-corrected chi connectivity index (χ0v) is 27.5. The van der Waals surface area contributed by atoms with Crippen LogP contribution in [0, 0.1) is 13.8 Å². The molecule has 0 bridgehead atoms. The summed E-state index contributed by atoms with van der Waals surface area (Å²) in [4.78, 5) is 17.4. The number of carbonyl (C=O) groups is 1. The Morgan fingerprint density at radius 3 is 2.05 bits per heavy atom. The predicted molar refractivity (Wildman–Crippen MR) is 181 cm³/mol. The van der Waals surface area contributed by atoms with Gasteiger partial charge in [0.25, 0.3) is 5.91 Å². The van der Waals surface area contributed by atoms with Gasteiger partial charge in [0.2, 0.25) is 0 Å². The van der Waals surface area contributed by atoms with Gasteiger partial charge in [0.05, 0.1) is 5.69 Å². The summed E-state index contributed by atoms with van der Waals surface area (Å²) in [7, 11) is 0. The largest absolute Gasteiger partial charge is 0.508 e. The molecule has 0 fully saturated rings. The maximum atomic E-state index is 13.0. The van der Waals surface area contributed by atoms with Gasteiger partial charge in [-0.05, 0) is 100 Å². The number of benzene rings is 3. The Morgan fingerprint density at radius 2 is 1.48 bits per heavy atom. The minimum absolute atomic E-state index is 0.0335. The minimum atomic E-state index is -0.267. The molecule has 1 amide bonds. The van der Waals surface area contributed by atoms with E-state index in [0.717, 1.165) is 53.3 Å². The first-order chi connectivity index (χ1) is 21.3. The first-order valence-corrected chi connectivity index (χ1v) is 16.4. The highest BCUT2D eigenvalue weighted by Gasteiger charge is 2.24. The molecule has 0 aliphatic rings. The van der Waals surface area contributed by atoms with Gasteiger partial charge >= 0.3 is 0 Å². The lowest BCUT2D eigenvalue weighted by Crippen LogP contribution is -2.30. The molecule has 4 aromatic rings. The normalized spacial score (nSPS) is 12.1. The van der Waals surface area contributed by atoms with E-state index >= 15 is 0 Å². The van der Waals surface area contributed by atoms with Crippen molar-refractivity contribution in [2.24, 2.45) is 0 Å². The summed E-state index contributed by atoms with van der Waals surface area (Å²) < 4.78 is 2.06. The molecule has 6 heteroatoms. The molecule has 1 aromatic heterocycles. The van der Waals surface area contributed by atoms with Crippen molar-refractivity contribution in [1.29, 1.82) is 0 Å². The van der Waals surface area contributed by atoms with Gasteiger partial charge in [-0.25, -0.2) is 0 Å². The van der Waals surface area contributed by atoms with Crippen molar-refractivity contribution >= 4 is 5.91 Å². The first-order valence-electron chi connectivity index (χ1n) is 16.4. The van der Waals surface area contributed by atoms with E-state index in [4.69, 9.17) is 5.10 Å². The fourth-order valence-electron chi connectivity index (χ4n) is 6.07. The van der Waals surface area contributed by atoms with E-state index < -0.39 is 0 Å². The highest BCUT2D eigenvalue weighted by atomic mass is 16.3. The molecule has 0 aliphatic heterocycles. The van der Waals surface area contributed by atoms with E-state index in [-0.39, 0.29) is 17.7 Å². The summed E-state index contributed by atoms with van der Waals surface area (Å²) in [5, 5.41) is 15.5. The van der Waals surface area contributed by atoms with E-state index in [2.05, 4.69) is 61.5 Å². The fraction of sp³-hybridized carbons (Fsp3) is 0.421. The number of hydrogen-bond acceptors (Lipinski definition) is 4. The van der Waals surface area contributed by atoms with E-state index in [1.807, 2.05) is 55.1 Å². The van der Waals surface area contributed by atoms with Crippen LogP contribution < -0.4 is 0 Å². The summed E-state index contributed by atoms with van der Waals surface area (Å²) in [5.41, 5.74) is 8.23. The number of carbonyl (C=O) groups excluding carboxylic acids is 1. The van der Waals surface area contributed by atoms with E-state index in [0.29, 0.717) is 18.7 Å². The van der Waals surface area contributed by atoms with Crippen LogP contribution in [0.2, 0.25) is 0 Å². The molecular formula is C38H50N4O2. The van der Waals surface area contributed by atoms with Crippen LogP contribution in [0.5, 0.6) is 5.75 Å². The van der Waals surface area contributed by atoms with Crippen molar-refractivity contribution in [1.82, 2.24) is 19.6 Å². The molecule has 3 aromatic carbocycles. The number of hydrogen-bond donors (Lipinski definition) is 1. The second-order valence-corrected chi connectivity index (χ2v) is 11.8. The Labute approximate surface area is 264 Å². The molecule has 1 atom stereocenters. The van der Waals surface area contributed by atoms with E-state index in [9.17, 15) is 9.90 Å². The van der Waals surface area contributed by atoms with Gasteiger partial charge in [-0.2, -0.15) is 5.10 Å². The lowest BCUT2D eigenvalue weighted by Gasteiger charge is -2.22. The van der Waals surface area contributed by atoms with Gasteiger partial charge in [0.15, 0.2) is 0 Å². The first kappa shape index (κ1) is 33.0. The molecule has 1 unspecified atom stereocenters. The molecule has 0 radical (unpaired) electrons. The zero-order valence-electron chi connectivity index (χ0n) is 27.5. The van der Waals surface area contributed by atoms with Crippen molar-refractivity contribution in [3.8, 4) is 16.9 Å². The third kappa shape index (κ3) is 7.78. The van der Waals surface area contributed by atoms with Crippen molar-refractivity contribution in [2.45, 2.75) is 79.8 Å². The fourth-order valence-corrected chi connectivity index (χ4v) is 6.07. The third-order valence-corrected chi connectivity index (χ3v) is 8.58. The molecule has 0 aliphatic carbocycles. The summed E-state index contributed by atoms with van der Waals surface area (Å²) in [6.07, 6.45) is 4.89. The second-order valence-electron chi connectivity index (χ2n) is 11.8. The molecule has 0 saturated heterocycles. The van der Waals surface area contributed by atoms with Gasteiger partial charge in [-0.1, -0.05) is 75.2 Å². The standard InChI is InChI=1S/C38H50N4O2/c1-7-11-24-40(25-12-8-2)27-30-16-18-31(19-17-30)36-28(5)39-42(29(36)6)37(34-14-13-15-35(43)26-34)32-20-22-33(23-21-32)38(44)41(9-3)10-4/h13-23,26,37,43H,7-12,24-25,27H2,1-6H3. The van der Waals surface area contributed by atoms with Gasteiger partial charge in [-0.3, -0.25) is 14.4 Å². The molecule has 0 saturated carbocycles. The number of amides is 1. The van der Waals surface area contributed by atoms with Crippen LogP contribution in [0.4, 0.5) is 0 Å². The summed E-state index contributed by atoms with van der Waals surface area (Å²) in [6, 6.07) is 23.9. The predicted octanol–water partition coefficient (Wildman–Crippen LogP) is 8.39. The van der Waals surface area contributed by atoms with Crippen molar-refractivity contribution in [3.05, 3.63) is 106 Å². The number of rotatable bonds is 15. The van der Waals surface area contributed by atoms with Crippen LogP contribution in [0.1, 0.15) is 97.9 Å². The molecule has 1 N–H and O–H groups in total. The molecule has 4 rings (SSSR count). The molecular weight excluding hydrogens is 544 g/mol. The van der Waals surface area contributed by atoms with Crippen LogP contribution in [0.25, 0.3) is 11.1 Å². The van der Waals surface area contributed by atoms with Crippen molar-refractivity contribution in [2.75, 3.05) is 26.2 Å². The number of aryl methyl sites for hydroxylation is 1. The number of aromatic hydroxyl groups is 1. The number of phenolic OH excluding ortho intramolecular Hbond substituents is 1. The Kier molecular flexibility index (Phi) is 11.8. The summed E-state index contributed by atoms with van der Waals surface area (Å²) >= 11 is 0. The average Bonchev–Trinajstić information content (AvgIpc) is 3.32. The second kappa shape index (κ2) is 15.7. The van der Waals surface area contributed by atoms with Crippen LogP contribution in [-0.2, 0) is 6.54 Å². The molecule has 44 heavy (non-hydrogen) atoms. The van der Waals surface area contributed by atoms with E-state index in [1.165, 1.54) is 31.2 Å². The van der Waals surface area contributed by atoms with E-state index in [1.54, 1.807) is 12.1 Å². The number of phenols is 1. The summed E-state index contributed by atoms with van der Waals surface area (Å²) in [6.45, 7) is 17.3. The van der Waals surface area contributed by atoms with Gasteiger partial charge in [-0.15, -0.1) is 0 Å². The van der Waals surface area contributed by atoms with Gasteiger partial charge in [0, 0.05) is 36.5 Å². The molecule has 1 heterocycles. The topological polar surface area (TPSA) is 61.6 Å². The van der Waals surface area contributed by atoms with Crippen LogP contribution >= 0.6 is 0 Å². The van der Waals surface area contributed by atoms with Crippen LogP contribution in [0.15, 0.2) is 72.8 Å². The Hall–Kier alpha value is -3.90. The lowest BCUT2D eigenvalue weighted by atomic mass is 9.96. The van der Waals surface area contributed by atoms with Crippen LogP contribution in [-0.4, -0.2) is 56.8 Å². The van der Waals surface area contributed by atoms with Gasteiger partial charge < -0.3 is 10.0 Å². The molecule has 234 valence electrons. The number of unbranched alkanes of at least 4 members (excludes halogenated alkanes) is 2. The summed E-state index contributed by atoms with van der Waals surface area (Å²) in [5.74, 6) is 0.247. The molecule has 6 nitrogen and oxygen atoms in total. The highest BCUT2D eigenvalue weighted by Crippen LogP contribution is 2.35. The Balaban J connectivity index is 1.68. The average molecular weight is 595 g/mol. The molecule has 0 spiro atoms. The highest BCUT2D eigenvalue weighted by molar-refractivity contribution is 5.94. The maximum absolute atomic E-state index is 13.0. The number of aromatic nitrogens is 2. The maximum Gasteiger partial charge on any atom is 0.253 e. The number of nitrogens with zero attached hydrogens (tertiary/aromatic N) is 4. The van der Waals surface area contributed by atoms with Crippen LogP contribution in [0.3, 0.4) is 0 Å². The third-order valence-electron chi connectivity index (χ3n) is 8.58. The Bertz CT molecular complexity index is 1480. The monoisotopic (exact) mass is 594 g/mol. The zero-order chi connectivity index (χ0) is 31.6. The van der Waals surface area contributed by atoms with Crippen molar-refractivity contribution in [3.63, 3.8) is 0 Å². The smallest absolute Gasteiger partial charge is 0.253 e.